The van der Waals surface area contributed by atoms with Crippen LogP contribution >= 0.6 is 0 Å². The average molecular weight is 220 g/mol. The fourth-order valence-corrected chi connectivity index (χ4v) is 1.16. The van der Waals surface area contributed by atoms with Crippen LogP contribution in [0, 0.1) is 0 Å². The van der Waals surface area contributed by atoms with Crippen LogP contribution in [0.4, 0.5) is 0 Å². The van der Waals surface area contributed by atoms with E-state index >= 15 is 0 Å². The number of phenolic OH excluding ortho intramolecular Hbond substituents is 1. The number of aromatic hydroxyl groups is 1. The fourth-order valence-electron chi connectivity index (χ4n) is 1.16. The van der Waals surface area contributed by atoms with Crippen LogP contribution in [-0.4, -0.2) is 24.0 Å². The van der Waals surface area contributed by atoms with Gasteiger partial charge < -0.3 is 9.84 Å². The lowest BCUT2D eigenvalue weighted by molar-refractivity contribution is -0.136. The van der Waals surface area contributed by atoms with Gasteiger partial charge >= 0.3 is 5.97 Å². The molecule has 0 radical (unpaired) electrons. The van der Waals surface area contributed by atoms with Gasteiger partial charge in [-0.1, -0.05) is 6.58 Å². The summed E-state index contributed by atoms with van der Waals surface area (Å²) in [6.07, 6.45) is -0.0859. The Kier molecular flexibility index (Phi) is 3.83. The number of carbonyl (C=O) groups is 2. The predicted molar refractivity (Wildman–Crippen MR) is 58.2 cm³/mol. The fraction of sp³-hybridized carbons (Fsp3) is 0.167. The Morgan fingerprint density at radius 1 is 1.31 bits per heavy atom. The zero-order valence-electron chi connectivity index (χ0n) is 8.90. The molecule has 0 bridgehead atoms. The molecule has 0 aliphatic carbocycles. The van der Waals surface area contributed by atoms with Crippen LogP contribution in [0.5, 0.6) is 5.75 Å². The van der Waals surface area contributed by atoms with Crippen LogP contribution < -0.4 is 0 Å². The van der Waals surface area contributed by atoms with Crippen molar-refractivity contribution >= 4 is 11.8 Å². The summed E-state index contributed by atoms with van der Waals surface area (Å²) in [5.74, 6) is -0.745. The van der Waals surface area contributed by atoms with Crippen LogP contribution in [0.25, 0.3) is 0 Å². The molecule has 0 aliphatic rings. The van der Waals surface area contributed by atoms with Crippen molar-refractivity contribution in [3.05, 3.63) is 42.0 Å². The lowest BCUT2D eigenvalue weighted by Gasteiger charge is -2.03. The van der Waals surface area contributed by atoms with E-state index in [-0.39, 0.29) is 23.5 Å². The molecule has 0 spiro atoms. The second-order valence-corrected chi connectivity index (χ2v) is 3.24. The molecule has 0 aromatic heterocycles. The highest BCUT2D eigenvalue weighted by Crippen LogP contribution is 2.13. The first-order valence-corrected chi connectivity index (χ1v) is 4.63. The number of hydrogen-bond donors (Lipinski definition) is 1. The number of phenols is 1. The number of rotatable bonds is 4. The molecule has 1 rings (SSSR count). The summed E-state index contributed by atoms with van der Waals surface area (Å²) in [5, 5.41) is 9.04. The third-order valence-corrected chi connectivity index (χ3v) is 2.04. The van der Waals surface area contributed by atoms with E-state index in [1.807, 2.05) is 0 Å². The van der Waals surface area contributed by atoms with Gasteiger partial charge in [0.1, 0.15) is 5.75 Å². The van der Waals surface area contributed by atoms with Gasteiger partial charge in [-0.05, 0) is 24.3 Å². The van der Waals surface area contributed by atoms with Crippen molar-refractivity contribution in [2.24, 2.45) is 0 Å². The Balaban J connectivity index is 2.69. The minimum Gasteiger partial charge on any atom is -0.508 e. The standard InChI is InChI=1S/C12H12O4/c1-8(12(15)16-2)7-11(14)9-3-5-10(13)6-4-9/h3-6,13H,1,7H2,2H3. The molecule has 0 saturated carbocycles. The Labute approximate surface area is 93.2 Å². The molecule has 0 unspecified atom stereocenters. The van der Waals surface area contributed by atoms with Crippen molar-refractivity contribution in [1.29, 1.82) is 0 Å². The van der Waals surface area contributed by atoms with E-state index in [4.69, 9.17) is 5.11 Å². The molecule has 1 N–H and O–H groups in total. The summed E-state index contributed by atoms with van der Waals surface area (Å²) in [5.41, 5.74) is 0.531. The number of ether oxygens (including phenoxy) is 1. The van der Waals surface area contributed by atoms with Crippen molar-refractivity contribution in [2.75, 3.05) is 7.11 Å². The van der Waals surface area contributed by atoms with Gasteiger partial charge in [-0.25, -0.2) is 4.79 Å². The van der Waals surface area contributed by atoms with E-state index in [0.717, 1.165) is 0 Å². The summed E-state index contributed by atoms with van der Waals surface area (Å²) in [6, 6.07) is 5.80. The summed E-state index contributed by atoms with van der Waals surface area (Å²) >= 11 is 0. The van der Waals surface area contributed by atoms with Gasteiger partial charge in [-0.3, -0.25) is 4.79 Å². The number of esters is 1. The monoisotopic (exact) mass is 220 g/mol. The highest BCUT2D eigenvalue weighted by Gasteiger charge is 2.13. The zero-order valence-corrected chi connectivity index (χ0v) is 8.90. The van der Waals surface area contributed by atoms with Crippen molar-refractivity contribution in [3.63, 3.8) is 0 Å². The maximum atomic E-state index is 11.6. The Hall–Kier alpha value is -2.10. The first-order valence-electron chi connectivity index (χ1n) is 4.63. The molecular formula is C12H12O4. The predicted octanol–water partition coefficient (Wildman–Crippen LogP) is 1.69. The maximum Gasteiger partial charge on any atom is 0.333 e. The zero-order chi connectivity index (χ0) is 12.1. The number of ketones is 1. The lowest BCUT2D eigenvalue weighted by atomic mass is 10.0. The van der Waals surface area contributed by atoms with Crippen molar-refractivity contribution in [2.45, 2.75) is 6.42 Å². The molecule has 0 fully saturated rings. The first kappa shape index (κ1) is 12.0. The van der Waals surface area contributed by atoms with Crippen LogP contribution in [0.1, 0.15) is 16.8 Å². The molecule has 1 aromatic rings. The van der Waals surface area contributed by atoms with E-state index in [1.165, 1.54) is 31.4 Å². The van der Waals surface area contributed by atoms with E-state index in [1.54, 1.807) is 0 Å². The number of methoxy groups -OCH3 is 1. The van der Waals surface area contributed by atoms with Crippen molar-refractivity contribution in [1.82, 2.24) is 0 Å². The molecule has 84 valence electrons. The van der Waals surface area contributed by atoms with E-state index in [2.05, 4.69) is 11.3 Å². The molecule has 0 amide bonds. The van der Waals surface area contributed by atoms with Gasteiger partial charge in [0.25, 0.3) is 0 Å². The number of carbonyl (C=O) groups excluding carboxylic acids is 2. The SMILES string of the molecule is C=C(CC(=O)c1ccc(O)cc1)C(=O)OC. The van der Waals surface area contributed by atoms with Crippen LogP contribution in [-0.2, 0) is 9.53 Å². The highest BCUT2D eigenvalue weighted by atomic mass is 16.5. The second kappa shape index (κ2) is 5.11. The van der Waals surface area contributed by atoms with E-state index in [0.29, 0.717) is 5.56 Å². The molecule has 16 heavy (non-hydrogen) atoms. The Morgan fingerprint density at radius 3 is 2.38 bits per heavy atom. The molecular weight excluding hydrogens is 208 g/mol. The minimum atomic E-state index is -0.591. The van der Waals surface area contributed by atoms with Gasteiger partial charge in [-0.15, -0.1) is 0 Å². The summed E-state index contributed by atoms with van der Waals surface area (Å²) in [7, 11) is 1.23. The second-order valence-electron chi connectivity index (χ2n) is 3.24. The van der Waals surface area contributed by atoms with E-state index < -0.39 is 5.97 Å². The topological polar surface area (TPSA) is 63.6 Å². The van der Waals surface area contributed by atoms with Crippen LogP contribution in [0.2, 0.25) is 0 Å². The smallest absolute Gasteiger partial charge is 0.333 e. The minimum absolute atomic E-state index is 0.0859. The number of benzene rings is 1. The third kappa shape index (κ3) is 2.95. The first-order chi connectivity index (χ1) is 7.54. The largest absolute Gasteiger partial charge is 0.508 e. The summed E-state index contributed by atoms with van der Waals surface area (Å²) in [6.45, 7) is 3.46. The average Bonchev–Trinajstić information content (AvgIpc) is 2.28. The van der Waals surface area contributed by atoms with Crippen molar-refractivity contribution in [3.8, 4) is 5.75 Å². The Bertz CT molecular complexity index is 417. The maximum absolute atomic E-state index is 11.6. The molecule has 4 heteroatoms. The summed E-state index contributed by atoms with van der Waals surface area (Å²) in [4.78, 5) is 22.7. The molecule has 0 heterocycles. The quantitative estimate of drug-likeness (QED) is 0.476. The number of Topliss-reactive ketones (excluding diaryl/α,β-unsaturated/α-hetero) is 1. The van der Waals surface area contributed by atoms with Crippen LogP contribution in [0.3, 0.4) is 0 Å². The van der Waals surface area contributed by atoms with E-state index in [9.17, 15) is 9.59 Å². The highest BCUT2D eigenvalue weighted by molar-refractivity contribution is 6.03. The molecule has 0 aliphatic heterocycles. The van der Waals surface area contributed by atoms with Gasteiger partial charge in [-0.2, -0.15) is 0 Å². The lowest BCUT2D eigenvalue weighted by Crippen LogP contribution is -2.09. The third-order valence-electron chi connectivity index (χ3n) is 2.04. The molecule has 0 saturated heterocycles. The molecule has 4 nitrogen and oxygen atoms in total. The normalized spacial score (nSPS) is 9.56. The molecule has 1 aromatic carbocycles. The van der Waals surface area contributed by atoms with Crippen LogP contribution in [0.15, 0.2) is 36.4 Å². The van der Waals surface area contributed by atoms with Gasteiger partial charge in [0.05, 0.1) is 7.11 Å². The Morgan fingerprint density at radius 2 is 1.88 bits per heavy atom. The number of hydrogen-bond acceptors (Lipinski definition) is 4. The van der Waals surface area contributed by atoms with Gasteiger partial charge in [0.15, 0.2) is 5.78 Å². The van der Waals surface area contributed by atoms with Gasteiger partial charge in [0.2, 0.25) is 0 Å². The van der Waals surface area contributed by atoms with Crippen molar-refractivity contribution < 1.29 is 19.4 Å². The molecule has 0 atom stereocenters. The van der Waals surface area contributed by atoms with Gasteiger partial charge in [0, 0.05) is 17.6 Å². The summed E-state index contributed by atoms with van der Waals surface area (Å²) < 4.78 is 4.44.